The Morgan fingerprint density at radius 3 is 2.26 bits per heavy atom. The number of carbonyl (C=O) groups excluding carboxylic acids is 3. The van der Waals surface area contributed by atoms with Crippen molar-refractivity contribution in [2.24, 2.45) is 0 Å². The minimum Gasteiger partial charge on any atom is -0.507 e. The number of aliphatic hydroxyl groups is 1. The lowest BCUT2D eigenvalue weighted by Gasteiger charge is -2.45. The summed E-state index contributed by atoms with van der Waals surface area (Å²) in [5, 5.41) is 33.7. The lowest BCUT2D eigenvalue weighted by Crippen LogP contribution is -2.58. The Morgan fingerprint density at radius 1 is 0.907 bits per heavy atom. The Kier molecular flexibility index (Phi) is 6.64. The van der Waals surface area contributed by atoms with Crippen LogP contribution in [0.2, 0.25) is 0 Å². The SMILES string of the molecule is CO[C@H]1CC(=O)O[C@@H]1[C@]1(C)CC(=O)c2c(O)cc(C)c(-c3c(C)cc4c(c3O)C(=O)C3=CC[C@H](OC)[C@H](O)[C@]3(C)O4)c2O1. The molecule has 228 valence electrons. The van der Waals surface area contributed by atoms with Gasteiger partial charge in [0.25, 0.3) is 0 Å². The Bertz CT molecular complexity index is 1620. The fraction of sp³-hybridized carbons (Fsp3) is 0.469. The van der Waals surface area contributed by atoms with Crippen LogP contribution in [-0.4, -0.2) is 82.7 Å². The van der Waals surface area contributed by atoms with Crippen LogP contribution in [0.1, 0.15) is 65.0 Å². The van der Waals surface area contributed by atoms with Crippen LogP contribution in [0.3, 0.4) is 0 Å². The first-order chi connectivity index (χ1) is 20.3. The molecule has 0 amide bonds. The number of aromatic hydroxyl groups is 2. The van der Waals surface area contributed by atoms with Crippen LogP contribution >= 0.6 is 0 Å². The second kappa shape index (κ2) is 9.80. The predicted octanol–water partition coefficient (Wildman–Crippen LogP) is 3.48. The Balaban J connectivity index is 1.53. The number of ether oxygens (including phenoxy) is 5. The van der Waals surface area contributed by atoms with Crippen LogP contribution in [0.5, 0.6) is 23.0 Å². The number of benzene rings is 2. The molecule has 6 atom stereocenters. The molecule has 11 nitrogen and oxygen atoms in total. The van der Waals surface area contributed by atoms with Crippen LogP contribution in [0.15, 0.2) is 23.8 Å². The molecule has 0 saturated carbocycles. The molecule has 4 aliphatic rings. The summed E-state index contributed by atoms with van der Waals surface area (Å²) in [5.41, 5.74) is -1.28. The number of hydrogen-bond donors (Lipinski definition) is 3. The van der Waals surface area contributed by atoms with Gasteiger partial charge >= 0.3 is 5.97 Å². The molecule has 0 aromatic heterocycles. The summed E-state index contributed by atoms with van der Waals surface area (Å²) in [6.45, 7) is 6.63. The van der Waals surface area contributed by atoms with E-state index in [0.717, 1.165) is 0 Å². The number of aryl methyl sites for hydroxylation is 2. The zero-order valence-electron chi connectivity index (χ0n) is 24.8. The average Bonchev–Trinajstić information content (AvgIpc) is 3.32. The van der Waals surface area contributed by atoms with Gasteiger partial charge in [0.2, 0.25) is 0 Å². The quantitative estimate of drug-likeness (QED) is 0.445. The summed E-state index contributed by atoms with van der Waals surface area (Å²) in [6, 6.07) is 3.00. The van der Waals surface area contributed by atoms with E-state index in [-0.39, 0.29) is 58.8 Å². The molecular weight excluding hydrogens is 560 g/mol. The van der Waals surface area contributed by atoms with E-state index >= 15 is 0 Å². The topological polar surface area (TPSA) is 158 Å². The summed E-state index contributed by atoms with van der Waals surface area (Å²) in [4.78, 5) is 39.7. The van der Waals surface area contributed by atoms with Gasteiger partial charge in [-0.1, -0.05) is 6.08 Å². The van der Waals surface area contributed by atoms with Gasteiger partial charge in [0.15, 0.2) is 28.9 Å². The number of aliphatic hydroxyl groups excluding tert-OH is 1. The number of Topliss-reactive ketones (excluding diaryl/α,β-unsaturated/α-hetero) is 2. The summed E-state index contributed by atoms with van der Waals surface area (Å²) < 4.78 is 29.1. The number of methoxy groups -OCH3 is 2. The first-order valence-corrected chi connectivity index (χ1v) is 14.1. The number of cyclic esters (lactones) is 1. The maximum atomic E-state index is 13.9. The molecule has 6 rings (SSSR count). The zero-order chi connectivity index (χ0) is 31.2. The highest BCUT2D eigenvalue weighted by Crippen LogP contribution is 2.54. The molecule has 43 heavy (non-hydrogen) atoms. The van der Waals surface area contributed by atoms with Crippen molar-refractivity contribution in [1.82, 2.24) is 0 Å². The van der Waals surface area contributed by atoms with Gasteiger partial charge in [-0.15, -0.1) is 0 Å². The molecule has 2 aromatic carbocycles. The maximum Gasteiger partial charge on any atom is 0.309 e. The molecule has 3 N–H and O–H groups in total. The molecule has 3 heterocycles. The van der Waals surface area contributed by atoms with E-state index < -0.39 is 58.9 Å². The summed E-state index contributed by atoms with van der Waals surface area (Å²) in [5.74, 6) is -2.05. The number of esters is 1. The molecule has 1 aliphatic carbocycles. The van der Waals surface area contributed by atoms with Crippen LogP contribution in [0.25, 0.3) is 11.1 Å². The standard InChI is InChI=1S/C32H34O11/c1-13-9-16(33)24-17(34)12-31(3,30-20(40-6)11-21(35)41-30)43-28(24)23(13)22-14(2)10-19-25(27(22)37)26(36)15-7-8-18(39-5)29(38)32(15,4)42-19/h7,9-10,18,20,29-30,33,37-38H,8,11-12H2,1-6H3/t18-,20-,29-,30-,31-,32+/m0/s1. The number of fused-ring (bicyclic) bond motifs is 3. The summed E-state index contributed by atoms with van der Waals surface area (Å²) in [6.07, 6.45) is -1.56. The predicted molar refractivity (Wildman–Crippen MR) is 151 cm³/mol. The Morgan fingerprint density at radius 2 is 1.58 bits per heavy atom. The van der Waals surface area contributed by atoms with Crippen molar-refractivity contribution in [2.45, 2.75) is 82.6 Å². The van der Waals surface area contributed by atoms with Gasteiger partial charge in [-0.3, -0.25) is 14.4 Å². The lowest BCUT2D eigenvalue weighted by molar-refractivity contribution is -0.153. The number of hydrogen-bond acceptors (Lipinski definition) is 11. The summed E-state index contributed by atoms with van der Waals surface area (Å²) >= 11 is 0. The van der Waals surface area contributed by atoms with Crippen molar-refractivity contribution in [1.29, 1.82) is 0 Å². The van der Waals surface area contributed by atoms with Gasteiger partial charge in [-0.05, 0) is 57.4 Å². The molecule has 0 unspecified atom stereocenters. The van der Waals surface area contributed by atoms with Crippen LogP contribution < -0.4 is 9.47 Å². The third-order valence-electron chi connectivity index (χ3n) is 9.27. The van der Waals surface area contributed by atoms with Crippen molar-refractivity contribution in [3.63, 3.8) is 0 Å². The van der Waals surface area contributed by atoms with Gasteiger partial charge < -0.3 is 39.0 Å². The van der Waals surface area contributed by atoms with Crippen LogP contribution in [0.4, 0.5) is 0 Å². The molecule has 1 fully saturated rings. The monoisotopic (exact) mass is 594 g/mol. The molecule has 0 bridgehead atoms. The molecular formula is C32H34O11. The van der Waals surface area contributed by atoms with E-state index in [9.17, 15) is 29.7 Å². The normalized spacial score (nSPS) is 31.3. The zero-order valence-corrected chi connectivity index (χ0v) is 24.8. The fourth-order valence-corrected chi connectivity index (χ4v) is 7.04. The highest BCUT2D eigenvalue weighted by atomic mass is 16.6. The highest BCUT2D eigenvalue weighted by Gasteiger charge is 2.55. The molecule has 11 heteroatoms. The Labute approximate surface area is 248 Å². The molecule has 2 aromatic rings. The van der Waals surface area contributed by atoms with E-state index in [2.05, 4.69) is 0 Å². The highest BCUT2D eigenvalue weighted by molar-refractivity contribution is 6.16. The van der Waals surface area contributed by atoms with E-state index in [1.54, 1.807) is 39.8 Å². The molecule has 0 spiro atoms. The van der Waals surface area contributed by atoms with Crippen molar-refractivity contribution >= 4 is 17.5 Å². The third kappa shape index (κ3) is 4.09. The third-order valence-corrected chi connectivity index (χ3v) is 9.27. The van der Waals surface area contributed by atoms with E-state index in [4.69, 9.17) is 23.7 Å². The van der Waals surface area contributed by atoms with E-state index in [1.807, 2.05) is 0 Å². The van der Waals surface area contributed by atoms with Crippen molar-refractivity contribution < 1.29 is 53.4 Å². The Hall–Kier alpha value is -3.93. The number of ketones is 2. The van der Waals surface area contributed by atoms with Gasteiger partial charge in [0.05, 0.1) is 18.9 Å². The second-order valence-electron chi connectivity index (χ2n) is 12.1. The lowest BCUT2D eigenvalue weighted by atomic mass is 9.74. The van der Waals surface area contributed by atoms with Gasteiger partial charge in [-0.25, -0.2) is 0 Å². The van der Waals surface area contributed by atoms with Crippen molar-refractivity contribution in [2.75, 3.05) is 14.2 Å². The molecule has 0 radical (unpaired) electrons. The minimum absolute atomic E-state index is 0.00309. The van der Waals surface area contributed by atoms with Crippen LogP contribution in [0, 0.1) is 13.8 Å². The number of carbonyl (C=O) groups is 3. The number of phenols is 2. The van der Waals surface area contributed by atoms with Crippen molar-refractivity contribution in [3.05, 3.63) is 46.0 Å². The number of rotatable bonds is 4. The first kappa shape index (κ1) is 29.2. The molecule has 3 aliphatic heterocycles. The first-order valence-electron chi connectivity index (χ1n) is 14.1. The van der Waals surface area contributed by atoms with Gasteiger partial charge in [-0.2, -0.15) is 0 Å². The molecule has 1 saturated heterocycles. The largest absolute Gasteiger partial charge is 0.507 e. The minimum atomic E-state index is -1.40. The maximum absolute atomic E-state index is 13.9. The average molecular weight is 595 g/mol. The number of phenolic OH excluding ortho intramolecular Hbond substituents is 2. The van der Waals surface area contributed by atoms with Crippen molar-refractivity contribution in [3.8, 4) is 34.1 Å². The smallest absolute Gasteiger partial charge is 0.309 e. The van der Waals surface area contributed by atoms with Gasteiger partial charge in [0, 0.05) is 30.9 Å². The fourth-order valence-electron chi connectivity index (χ4n) is 7.04. The van der Waals surface area contributed by atoms with Gasteiger partial charge in [0.1, 0.15) is 46.3 Å². The van der Waals surface area contributed by atoms with E-state index in [1.165, 1.54) is 20.3 Å². The van der Waals surface area contributed by atoms with Crippen LogP contribution in [-0.2, 0) is 19.0 Å². The summed E-state index contributed by atoms with van der Waals surface area (Å²) in [7, 11) is 2.92. The van der Waals surface area contributed by atoms with E-state index in [0.29, 0.717) is 16.7 Å². The second-order valence-corrected chi connectivity index (χ2v) is 12.1.